The number of fused-ring (bicyclic) bond motifs is 3. The largest absolute Gasteiger partial charge is 0.508 e. The molecule has 0 spiro atoms. The minimum absolute atomic E-state index is 0.00147. The lowest BCUT2D eigenvalue weighted by molar-refractivity contribution is -0.146. The van der Waals surface area contributed by atoms with Gasteiger partial charge in [-0.15, -0.1) is 0 Å². The zero-order chi connectivity index (χ0) is 98.2. The van der Waals surface area contributed by atoms with Gasteiger partial charge in [0.1, 0.15) is 95.6 Å². The van der Waals surface area contributed by atoms with Crippen LogP contribution in [-0.4, -0.2) is 179 Å². The van der Waals surface area contributed by atoms with Crippen molar-refractivity contribution in [3.05, 3.63) is 270 Å². The molecule has 0 aromatic heterocycles. The SMILES string of the molecule is C=C(C)C(=O)Oc1ccc(-c2ccc(OC(=O)c3cc(OCCOc4ccc5c(c4)OCO5)c(OCCOc4ccc5c(c4)OCO5)c(OCCOc4ccc5c(c4)OCO5)c3)c(OC(=O)C(=C)C)c2)cc1.CCCCCc1ccc(-c2ccc(OCC(COCc3ccc(COCC4COC(=O)OC4)cc3)COCc3ccc(COCC4COC(=O)OC4)cc3)c(OC(=O)CN3C(=O)C=CC3=O)c2)cc1. The van der Waals surface area contributed by atoms with E-state index >= 15 is 0 Å². The number of nitrogens with zero attached hydrogens (tertiary/aromatic N) is 1. The number of ether oxygens (including phenoxy) is 25. The van der Waals surface area contributed by atoms with Crippen LogP contribution in [0.25, 0.3) is 22.3 Å². The Morgan fingerprint density at radius 1 is 0.362 bits per heavy atom. The molecule has 0 saturated carbocycles. The van der Waals surface area contributed by atoms with Crippen molar-refractivity contribution in [1.82, 2.24) is 4.90 Å². The number of carbonyl (C=O) groups is 8. The van der Waals surface area contributed by atoms with Gasteiger partial charge in [0.05, 0.1) is 76.9 Å². The van der Waals surface area contributed by atoms with Crippen molar-refractivity contribution in [3.63, 3.8) is 0 Å². The fourth-order valence-corrected chi connectivity index (χ4v) is 14.5. The number of hydrogen-bond acceptors (Lipinski definition) is 33. The van der Waals surface area contributed by atoms with Crippen LogP contribution in [0.15, 0.2) is 237 Å². The van der Waals surface area contributed by atoms with Gasteiger partial charge in [0.15, 0.2) is 69.0 Å². The summed E-state index contributed by atoms with van der Waals surface area (Å²) in [4.78, 5) is 100. The molecule has 0 unspecified atom stereocenters. The Balaban J connectivity index is 0.000000213. The third-order valence-corrected chi connectivity index (χ3v) is 22.0. The van der Waals surface area contributed by atoms with Gasteiger partial charge in [0, 0.05) is 47.4 Å². The zero-order valence-electron chi connectivity index (χ0n) is 77.9. The number of cyclic esters (lactones) is 4. The van der Waals surface area contributed by atoms with Gasteiger partial charge >= 0.3 is 36.2 Å². The third kappa shape index (κ3) is 29.4. The second kappa shape index (κ2) is 50.0. The molecule has 16 rings (SSSR count). The maximum absolute atomic E-state index is 14.3. The molecule has 10 aromatic rings. The number of hydrogen-bond donors (Lipinski definition) is 0. The molecule has 10 aromatic carbocycles. The van der Waals surface area contributed by atoms with Crippen LogP contribution in [0, 0.1) is 17.8 Å². The highest BCUT2D eigenvalue weighted by Crippen LogP contribution is 2.44. The van der Waals surface area contributed by atoms with Gasteiger partial charge in [0.2, 0.25) is 26.1 Å². The summed E-state index contributed by atoms with van der Waals surface area (Å²) in [7, 11) is 0. The Bertz CT molecular complexity index is 5890. The number of rotatable bonds is 49. The fourth-order valence-electron chi connectivity index (χ4n) is 14.5. The molecular formula is C107H105NO33. The normalized spacial score (nSPS) is 13.7. The van der Waals surface area contributed by atoms with E-state index in [1.807, 2.05) is 66.7 Å². The van der Waals surface area contributed by atoms with Gasteiger partial charge in [-0.1, -0.05) is 130 Å². The summed E-state index contributed by atoms with van der Waals surface area (Å²) in [5.74, 6) is 1.42. The number of esters is 4. The first-order chi connectivity index (χ1) is 68.7. The van der Waals surface area contributed by atoms with Crippen LogP contribution in [0.2, 0.25) is 0 Å². The van der Waals surface area contributed by atoms with E-state index in [-0.39, 0.29) is 181 Å². The Kier molecular flexibility index (Phi) is 35.4. The summed E-state index contributed by atoms with van der Waals surface area (Å²) in [6, 6.07) is 59.2. The minimum Gasteiger partial charge on any atom is -0.490 e. The predicted octanol–water partition coefficient (Wildman–Crippen LogP) is 17.0. The van der Waals surface area contributed by atoms with Crippen LogP contribution in [0.1, 0.15) is 78.2 Å². The molecular weight excluding hydrogens is 1830 g/mol. The van der Waals surface area contributed by atoms with Gasteiger partial charge in [-0.2, -0.15) is 0 Å². The average Bonchev–Trinajstić information content (AvgIpc) is 1.65. The molecule has 0 aliphatic carbocycles. The lowest BCUT2D eigenvalue weighted by Gasteiger charge is -2.21. The number of unbranched alkanes of at least 4 members (excludes halogenated alkanes) is 2. The zero-order valence-corrected chi connectivity index (χ0v) is 77.9. The smallest absolute Gasteiger partial charge is 0.490 e. The summed E-state index contributed by atoms with van der Waals surface area (Å²) >= 11 is 0. The number of carbonyl (C=O) groups excluding carboxylic acids is 8. The van der Waals surface area contributed by atoms with E-state index in [2.05, 4.69) is 32.2 Å². The van der Waals surface area contributed by atoms with E-state index in [9.17, 15) is 38.4 Å². The molecule has 736 valence electrons. The minimum atomic E-state index is -0.875. The second-order valence-corrected chi connectivity index (χ2v) is 33.1. The maximum Gasteiger partial charge on any atom is 0.508 e. The van der Waals surface area contributed by atoms with E-state index in [0.717, 1.165) is 69.7 Å². The number of imide groups is 1. The van der Waals surface area contributed by atoms with E-state index in [1.165, 1.54) is 43.2 Å². The van der Waals surface area contributed by atoms with E-state index in [4.69, 9.17) is 118 Å². The summed E-state index contributed by atoms with van der Waals surface area (Å²) in [6.45, 7) is 16.4. The van der Waals surface area contributed by atoms with Crippen LogP contribution < -0.4 is 80.5 Å². The van der Waals surface area contributed by atoms with Gasteiger partial charge in [-0.3, -0.25) is 14.5 Å². The van der Waals surface area contributed by atoms with Crippen molar-refractivity contribution in [2.24, 2.45) is 17.8 Å². The Labute approximate surface area is 812 Å². The quantitative estimate of drug-likeness (QED) is 0.0112. The van der Waals surface area contributed by atoms with Gasteiger partial charge in [-0.25, -0.2) is 28.8 Å². The number of amides is 2. The van der Waals surface area contributed by atoms with Crippen molar-refractivity contribution in [2.45, 2.75) is 72.9 Å². The van der Waals surface area contributed by atoms with Crippen LogP contribution in [-0.2, 0) is 94.7 Å². The van der Waals surface area contributed by atoms with E-state index in [0.29, 0.717) is 108 Å². The first-order valence-corrected chi connectivity index (χ1v) is 45.7. The monoisotopic (exact) mass is 1930 g/mol. The molecule has 6 aliphatic rings. The molecule has 2 fully saturated rings. The Morgan fingerprint density at radius 2 is 0.759 bits per heavy atom. The number of aryl methyl sites for hydroxylation is 1. The first-order valence-electron chi connectivity index (χ1n) is 45.7. The van der Waals surface area contributed by atoms with Crippen molar-refractivity contribution in [2.75, 3.05) is 126 Å². The van der Waals surface area contributed by atoms with Crippen LogP contribution >= 0.6 is 0 Å². The van der Waals surface area contributed by atoms with Crippen molar-refractivity contribution in [3.8, 4) is 120 Å². The fraction of sp³-hybridized carbons (Fsp3) is 0.308. The van der Waals surface area contributed by atoms with Crippen LogP contribution in [0.5, 0.6) is 97.7 Å². The second-order valence-electron chi connectivity index (χ2n) is 33.1. The first kappa shape index (κ1) is 99.7. The van der Waals surface area contributed by atoms with E-state index in [1.54, 1.807) is 104 Å². The molecule has 0 N–H and O–H groups in total. The van der Waals surface area contributed by atoms with Crippen molar-refractivity contribution >= 4 is 48.0 Å². The summed E-state index contributed by atoms with van der Waals surface area (Å²) in [5, 5.41) is 0. The Hall–Kier alpha value is -15.8. The van der Waals surface area contributed by atoms with Crippen molar-refractivity contribution in [1.29, 1.82) is 0 Å². The highest BCUT2D eigenvalue weighted by molar-refractivity contribution is 6.14. The van der Waals surface area contributed by atoms with E-state index < -0.39 is 54.5 Å². The van der Waals surface area contributed by atoms with Crippen LogP contribution in [0.3, 0.4) is 0 Å². The summed E-state index contributed by atoms with van der Waals surface area (Å²) in [5.41, 5.74) is 8.38. The summed E-state index contributed by atoms with van der Waals surface area (Å²) in [6.07, 6.45) is 5.35. The lowest BCUT2D eigenvalue weighted by Crippen LogP contribution is -2.36. The molecule has 6 aliphatic heterocycles. The standard InChI is InChI=1S/C54H46O18.C53H59NO15/c1-32(2)52(55)70-37-8-5-34(6-9-37)35-7-13-44(48(23-35)72-53(56)33(3)4)71-54(57)36-24-49(61-20-17-58-38-10-14-41-45(26-38)67-29-64-41)51(63-22-19-60-40-12-16-43-47(28-40)69-31-66-43)50(25-36)62-21-18-59-39-11-15-42-46(27-39)68-30-65-42;1-2-3-4-5-37-14-16-45(17-15-37)46-18-19-47(48(22-46)69-51(57)23-54-49(55)20-21-50(54)56)64-32-42(28-60-24-38-6-10-40(11-7-38)26-62-30-43-33-65-52(58)66-34-43)29-61-25-39-8-12-41(13-9-39)27-63-31-44-35-67-53(59)68-36-44/h5-16,23-28H,1,3,17-22,29-31H2,2,4H3;6-22,42-44H,2-5,23-36H2,1H3. The molecule has 34 nitrogen and oxygen atoms in total. The molecule has 0 atom stereocenters. The molecule has 6 heterocycles. The molecule has 0 bridgehead atoms. The van der Waals surface area contributed by atoms with Gasteiger partial charge < -0.3 is 118 Å². The number of benzene rings is 10. The van der Waals surface area contributed by atoms with Gasteiger partial charge in [0.25, 0.3) is 11.8 Å². The molecule has 2 amide bonds. The molecule has 2 saturated heterocycles. The molecule has 0 radical (unpaired) electrons. The Morgan fingerprint density at radius 3 is 1.22 bits per heavy atom. The van der Waals surface area contributed by atoms with Crippen molar-refractivity contribution < 1.29 is 157 Å². The van der Waals surface area contributed by atoms with Crippen LogP contribution in [0.4, 0.5) is 9.59 Å². The van der Waals surface area contributed by atoms with Gasteiger partial charge in [-0.05, 0) is 162 Å². The highest BCUT2D eigenvalue weighted by Gasteiger charge is 2.31. The predicted molar refractivity (Wildman–Crippen MR) is 504 cm³/mol. The molecule has 34 heteroatoms. The lowest BCUT2D eigenvalue weighted by atomic mass is 10.0. The average molecular weight is 1930 g/mol. The maximum atomic E-state index is 14.3. The topological polar surface area (TPSA) is 371 Å². The third-order valence-electron chi connectivity index (χ3n) is 22.0. The highest BCUT2D eigenvalue weighted by atomic mass is 16.7. The molecule has 141 heavy (non-hydrogen) atoms. The summed E-state index contributed by atoms with van der Waals surface area (Å²) < 4.78 is 143.